The molecule has 4 rings (SSSR count). The number of benzene rings is 2. The molecule has 1 aromatic heterocycles. The van der Waals surface area contributed by atoms with Crippen LogP contribution in [-0.4, -0.2) is 56.6 Å². The van der Waals surface area contributed by atoms with Gasteiger partial charge < -0.3 is 24.6 Å². The monoisotopic (exact) mass is 478 g/mol. The number of fused-ring (bicyclic) bond motifs is 1. The zero-order valence-corrected chi connectivity index (χ0v) is 20.3. The first kappa shape index (κ1) is 24.5. The first-order valence-corrected chi connectivity index (χ1v) is 11.7. The zero-order chi connectivity index (χ0) is 24.8. The van der Waals surface area contributed by atoms with Crippen LogP contribution in [-0.2, 0) is 6.54 Å². The summed E-state index contributed by atoms with van der Waals surface area (Å²) in [6.07, 6.45) is 2.07. The minimum atomic E-state index is -0.401. The van der Waals surface area contributed by atoms with Gasteiger partial charge in [-0.25, -0.2) is 9.37 Å². The molecule has 1 unspecified atom stereocenters. The second-order valence-corrected chi connectivity index (χ2v) is 8.55. The Balaban J connectivity index is 1.51. The second-order valence-electron chi connectivity index (χ2n) is 8.55. The Morgan fingerprint density at radius 1 is 1.14 bits per heavy atom. The molecule has 0 spiro atoms. The van der Waals surface area contributed by atoms with E-state index in [1.807, 2.05) is 49.3 Å². The average molecular weight is 479 g/mol. The number of nitrogens with zero attached hydrogens (tertiary/aromatic N) is 3. The largest absolute Gasteiger partial charge is 0.486 e. The topological polar surface area (TPSA) is 66.9 Å². The molecular formula is C27H31FN4O3. The van der Waals surface area contributed by atoms with E-state index in [-0.39, 0.29) is 18.6 Å². The molecule has 1 amide bonds. The minimum Gasteiger partial charge on any atom is -0.486 e. The van der Waals surface area contributed by atoms with Gasteiger partial charge in [0.1, 0.15) is 17.7 Å². The minimum absolute atomic E-state index is 0.159. The van der Waals surface area contributed by atoms with Crippen LogP contribution in [0.25, 0.3) is 0 Å². The molecular weight excluding hydrogens is 447 g/mol. The molecule has 0 radical (unpaired) electrons. The zero-order valence-electron chi connectivity index (χ0n) is 20.3. The number of hydrogen-bond donors (Lipinski definition) is 1. The van der Waals surface area contributed by atoms with E-state index in [4.69, 9.17) is 9.47 Å². The van der Waals surface area contributed by atoms with E-state index < -0.39 is 5.82 Å². The summed E-state index contributed by atoms with van der Waals surface area (Å²) >= 11 is 0. The van der Waals surface area contributed by atoms with Crippen LogP contribution in [0, 0.1) is 5.82 Å². The Kier molecular flexibility index (Phi) is 7.82. The van der Waals surface area contributed by atoms with Gasteiger partial charge in [-0.3, -0.25) is 4.79 Å². The van der Waals surface area contributed by atoms with Crippen LogP contribution in [0.1, 0.15) is 34.0 Å². The molecule has 35 heavy (non-hydrogen) atoms. The van der Waals surface area contributed by atoms with Crippen LogP contribution in [0.15, 0.2) is 60.8 Å². The summed E-state index contributed by atoms with van der Waals surface area (Å²) in [5.74, 6) is 0.318. The molecule has 0 bridgehead atoms. The number of amides is 1. The average Bonchev–Trinajstić information content (AvgIpc) is 3.00. The molecule has 1 aliphatic rings. The Bertz CT molecular complexity index is 1160. The van der Waals surface area contributed by atoms with Crippen molar-refractivity contribution >= 4 is 11.6 Å². The predicted molar refractivity (Wildman–Crippen MR) is 134 cm³/mol. The van der Waals surface area contributed by atoms with E-state index >= 15 is 4.39 Å². The molecule has 0 saturated carbocycles. The summed E-state index contributed by atoms with van der Waals surface area (Å²) in [6, 6.07) is 16.5. The van der Waals surface area contributed by atoms with E-state index in [1.54, 1.807) is 30.2 Å². The molecule has 7 nitrogen and oxygen atoms in total. The van der Waals surface area contributed by atoms with Gasteiger partial charge in [0.15, 0.2) is 0 Å². The Hall–Kier alpha value is -3.65. The van der Waals surface area contributed by atoms with E-state index in [9.17, 15) is 4.79 Å². The standard InChI is InChI=1S/C27H31FN4O3/c1-29-12-11-25(19-7-5-4-6-8-19)35-21-10-9-20(23(28)15-21)18-32-14-13-31(2)24-16-26(34-3)30-17-22(24)27(32)33/h4-10,15-17,25,29H,11-14,18H2,1-3H3. The fraction of sp³-hybridized carbons (Fsp3) is 0.333. The van der Waals surface area contributed by atoms with Gasteiger partial charge in [-0.2, -0.15) is 0 Å². The molecule has 184 valence electrons. The third-order valence-electron chi connectivity index (χ3n) is 6.19. The van der Waals surface area contributed by atoms with Crippen molar-refractivity contribution in [2.75, 3.05) is 45.7 Å². The second kappa shape index (κ2) is 11.2. The van der Waals surface area contributed by atoms with Gasteiger partial charge >= 0.3 is 0 Å². The number of ether oxygens (including phenoxy) is 2. The summed E-state index contributed by atoms with van der Waals surface area (Å²) in [6.45, 7) is 2.00. The van der Waals surface area contributed by atoms with Crippen molar-refractivity contribution in [1.82, 2.24) is 15.2 Å². The lowest BCUT2D eigenvalue weighted by Gasteiger charge is -2.22. The van der Waals surface area contributed by atoms with Crippen molar-refractivity contribution in [3.63, 3.8) is 0 Å². The van der Waals surface area contributed by atoms with Crippen molar-refractivity contribution in [3.05, 3.63) is 83.3 Å². The molecule has 0 fully saturated rings. The van der Waals surface area contributed by atoms with Crippen molar-refractivity contribution in [1.29, 1.82) is 0 Å². The van der Waals surface area contributed by atoms with Crippen LogP contribution in [0.2, 0.25) is 0 Å². The van der Waals surface area contributed by atoms with Crippen LogP contribution in [0.4, 0.5) is 10.1 Å². The fourth-order valence-corrected chi connectivity index (χ4v) is 4.17. The van der Waals surface area contributed by atoms with Crippen molar-refractivity contribution in [2.24, 2.45) is 0 Å². The summed E-state index contributed by atoms with van der Waals surface area (Å²) in [5, 5.41) is 3.14. The number of carbonyl (C=O) groups is 1. The van der Waals surface area contributed by atoms with E-state index in [0.717, 1.165) is 24.2 Å². The predicted octanol–water partition coefficient (Wildman–Crippen LogP) is 4.05. The van der Waals surface area contributed by atoms with Crippen molar-refractivity contribution in [2.45, 2.75) is 19.1 Å². The summed E-state index contributed by atoms with van der Waals surface area (Å²) < 4.78 is 26.5. The molecule has 1 N–H and O–H groups in total. The van der Waals surface area contributed by atoms with Gasteiger partial charge in [0, 0.05) is 57.0 Å². The number of rotatable bonds is 9. The summed E-state index contributed by atoms with van der Waals surface area (Å²) in [5.41, 5.74) is 2.70. The highest BCUT2D eigenvalue weighted by atomic mass is 19.1. The molecule has 0 saturated heterocycles. The highest BCUT2D eigenvalue weighted by Crippen LogP contribution is 2.29. The van der Waals surface area contributed by atoms with Gasteiger partial charge in [-0.05, 0) is 25.2 Å². The molecule has 2 heterocycles. The van der Waals surface area contributed by atoms with E-state index in [1.165, 1.54) is 12.3 Å². The van der Waals surface area contributed by atoms with Gasteiger partial charge in [0.05, 0.1) is 18.4 Å². The molecule has 1 aliphatic heterocycles. The van der Waals surface area contributed by atoms with Crippen molar-refractivity contribution < 1.29 is 18.7 Å². The van der Waals surface area contributed by atoms with Gasteiger partial charge in [-0.1, -0.05) is 36.4 Å². The van der Waals surface area contributed by atoms with E-state index in [0.29, 0.717) is 35.8 Å². The summed E-state index contributed by atoms with van der Waals surface area (Å²) in [7, 11) is 5.35. The number of nitrogens with one attached hydrogen (secondary N) is 1. The number of likely N-dealkylation sites (N-methyl/N-ethyl adjacent to an activating group) is 1. The molecule has 0 aliphatic carbocycles. The number of hydrogen-bond acceptors (Lipinski definition) is 6. The first-order chi connectivity index (χ1) is 17.0. The quantitative estimate of drug-likeness (QED) is 0.501. The summed E-state index contributed by atoms with van der Waals surface area (Å²) in [4.78, 5) is 21.1. The number of halogens is 1. The van der Waals surface area contributed by atoms with Crippen LogP contribution in [0.5, 0.6) is 11.6 Å². The molecule has 3 aromatic rings. The SMILES string of the molecule is CNCCC(Oc1ccc(CN2CCN(C)c3cc(OC)ncc3C2=O)c(F)c1)c1ccccc1. The number of methoxy groups -OCH3 is 1. The van der Waals surface area contributed by atoms with Gasteiger partial charge in [0.2, 0.25) is 5.88 Å². The number of carbonyl (C=O) groups excluding carboxylic acids is 1. The third kappa shape index (κ3) is 5.71. The van der Waals surface area contributed by atoms with E-state index in [2.05, 4.69) is 10.3 Å². The maximum absolute atomic E-state index is 15.1. The Morgan fingerprint density at radius 2 is 1.94 bits per heavy atom. The smallest absolute Gasteiger partial charge is 0.257 e. The van der Waals surface area contributed by atoms with Crippen LogP contribution < -0.4 is 19.7 Å². The van der Waals surface area contributed by atoms with Crippen LogP contribution >= 0.6 is 0 Å². The number of pyridine rings is 1. The van der Waals surface area contributed by atoms with Crippen LogP contribution in [0.3, 0.4) is 0 Å². The lowest BCUT2D eigenvalue weighted by molar-refractivity contribution is 0.0753. The maximum atomic E-state index is 15.1. The maximum Gasteiger partial charge on any atom is 0.257 e. The Labute approximate surface area is 205 Å². The van der Waals surface area contributed by atoms with Crippen molar-refractivity contribution in [3.8, 4) is 11.6 Å². The lowest BCUT2D eigenvalue weighted by atomic mass is 10.1. The molecule has 1 atom stereocenters. The lowest BCUT2D eigenvalue weighted by Crippen LogP contribution is -2.33. The van der Waals surface area contributed by atoms with Gasteiger partial charge in [-0.15, -0.1) is 0 Å². The highest BCUT2D eigenvalue weighted by molar-refractivity contribution is 6.00. The van der Waals surface area contributed by atoms with Gasteiger partial charge in [0.25, 0.3) is 5.91 Å². The highest BCUT2D eigenvalue weighted by Gasteiger charge is 2.27. The first-order valence-electron chi connectivity index (χ1n) is 11.7. The molecule has 2 aromatic carbocycles. The Morgan fingerprint density at radius 3 is 2.66 bits per heavy atom. The normalized spacial score (nSPS) is 14.3. The number of anilines is 1. The molecule has 8 heteroatoms. The fourth-order valence-electron chi connectivity index (χ4n) is 4.17. The third-order valence-corrected chi connectivity index (χ3v) is 6.19. The number of aromatic nitrogens is 1.